The molecule has 2 amide bonds. The van der Waals surface area contributed by atoms with Gasteiger partial charge < -0.3 is 15.0 Å². The number of piperidine rings is 1. The summed E-state index contributed by atoms with van der Waals surface area (Å²) in [5.41, 5.74) is 3.44. The van der Waals surface area contributed by atoms with Gasteiger partial charge in [0.25, 0.3) is 0 Å². The second kappa shape index (κ2) is 9.62. The normalized spacial score (nSPS) is 21.7. The van der Waals surface area contributed by atoms with E-state index in [4.69, 9.17) is 0 Å². The van der Waals surface area contributed by atoms with Crippen LogP contribution in [0.1, 0.15) is 83.3 Å². The molecule has 0 radical (unpaired) electrons. The van der Waals surface area contributed by atoms with E-state index >= 15 is 0 Å². The lowest BCUT2D eigenvalue weighted by Crippen LogP contribution is -2.47. The molecule has 1 aliphatic carbocycles. The predicted octanol–water partition coefficient (Wildman–Crippen LogP) is 5.24. The van der Waals surface area contributed by atoms with E-state index in [0.29, 0.717) is 17.9 Å². The minimum Gasteiger partial charge on any atom is -0.453 e. The zero-order chi connectivity index (χ0) is 22.6. The number of ether oxygens (including phenoxy) is 1. The van der Waals surface area contributed by atoms with Gasteiger partial charge in [-0.15, -0.1) is 0 Å². The Kier molecular flexibility index (Phi) is 7.33. The fraction of sp³-hybridized carbons (Fsp3) is 0.692. The molecule has 172 valence electrons. The van der Waals surface area contributed by atoms with Gasteiger partial charge >= 0.3 is 6.09 Å². The highest BCUT2D eigenvalue weighted by Crippen LogP contribution is 2.52. The molecular weight excluding hydrogens is 388 g/mol. The number of hydrogen-bond donors (Lipinski definition) is 1. The zero-order valence-corrected chi connectivity index (χ0v) is 20.0. The molecule has 2 unspecified atom stereocenters. The molecule has 2 fully saturated rings. The molecule has 5 heteroatoms. The molecular formula is C26H40N2O3. The van der Waals surface area contributed by atoms with Crippen LogP contribution in [0.2, 0.25) is 0 Å². The number of benzene rings is 1. The molecule has 0 aromatic heterocycles. The molecule has 2 atom stereocenters. The molecule has 1 heterocycles. The van der Waals surface area contributed by atoms with Crippen LogP contribution in [-0.4, -0.2) is 43.6 Å². The fourth-order valence-electron chi connectivity index (χ4n) is 5.35. The van der Waals surface area contributed by atoms with Gasteiger partial charge in [-0.05, 0) is 66.4 Å². The Morgan fingerprint density at radius 3 is 2.35 bits per heavy atom. The molecule has 31 heavy (non-hydrogen) atoms. The third-order valence-corrected chi connectivity index (χ3v) is 7.61. The number of methoxy groups -OCH3 is 1. The highest BCUT2D eigenvalue weighted by Gasteiger charge is 2.42. The van der Waals surface area contributed by atoms with Crippen LogP contribution in [0.25, 0.3) is 0 Å². The molecule has 0 bridgehead atoms. The van der Waals surface area contributed by atoms with E-state index < -0.39 is 6.09 Å². The van der Waals surface area contributed by atoms with E-state index in [1.165, 1.54) is 37.5 Å². The van der Waals surface area contributed by atoms with Crippen molar-refractivity contribution in [2.45, 2.75) is 77.6 Å². The summed E-state index contributed by atoms with van der Waals surface area (Å²) < 4.78 is 4.63. The number of rotatable bonds is 5. The van der Waals surface area contributed by atoms with Gasteiger partial charge in [0.15, 0.2) is 0 Å². The number of likely N-dealkylation sites (tertiary alicyclic amines) is 1. The maximum Gasteiger partial charge on any atom is 0.406 e. The Labute approximate surface area is 187 Å². The number of nitrogens with zero attached hydrogens (tertiary/aromatic N) is 1. The SMILES string of the molecule is CCC(CNC(=O)OC)C(=O)N1CCC2(CCC(c3ccc(C(C)(C)C)cc3)C2)CC1. The lowest BCUT2D eigenvalue weighted by atomic mass is 9.75. The van der Waals surface area contributed by atoms with Crippen molar-refractivity contribution in [2.24, 2.45) is 11.3 Å². The number of carbonyl (C=O) groups excluding carboxylic acids is 2. The highest BCUT2D eigenvalue weighted by molar-refractivity contribution is 5.80. The van der Waals surface area contributed by atoms with Crippen LogP contribution in [0.3, 0.4) is 0 Å². The summed E-state index contributed by atoms with van der Waals surface area (Å²) >= 11 is 0. The number of nitrogens with one attached hydrogen (secondary N) is 1. The van der Waals surface area contributed by atoms with Gasteiger partial charge in [0.1, 0.15) is 0 Å². The van der Waals surface area contributed by atoms with Crippen molar-refractivity contribution < 1.29 is 14.3 Å². The van der Waals surface area contributed by atoms with E-state index in [1.807, 2.05) is 11.8 Å². The van der Waals surface area contributed by atoms with E-state index in [2.05, 4.69) is 55.1 Å². The maximum absolute atomic E-state index is 13.0. The van der Waals surface area contributed by atoms with Gasteiger partial charge in [-0.3, -0.25) is 4.79 Å². The maximum atomic E-state index is 13.0. The molecule has 1 aliphatic heterocycles. The Morgan fingerprint density at radius 2 is 1.81 bits per heavy atom. The molecule has 1 aromatic rings. The van der Waals surface area contributed by atoms with Crippen molar-refractivity contribution in [3.63, 3.8) is 0 Å². The van der Waals surface area contributed by atoms with Crippen molar-refractivity contribution >= 4 is 12.0 Å². The first-order chi connectivity index (χ1) is 14.7. The van der Waals surface area contributed by atoms with Gasteiger partial charge in [-0.25, -0.2) is 4.79 Å². The van der Waals surface area contributed by atoms with Crippen LogP contribution >= 0.6 is 0 Å². The average Bonchev–Trinajstić information content (AvgIpc) is 3.17. The van der Waals surface area contributed by atoms with Gasteiger partial charge in [-0.1, -0.05) is 52.0 Å². The van der Waals surface area contributed by atoms with Gasteiger partial charge in [0, 0.05) is 19.6 Å². The molecule has 5 nitrogen and oxygen atoms in total. The fourth-order valence-corrected chi connectivity index (χ4v) is 5.35. The summed E-state index contributed by atoms with van der Waals surface area (Å²) in [6.45, 7) is 10.8. The topological polar surface area (TPSA) is 58.6 Å². The number of carbonyl (C=O) groups is 2. The van der Waals surface area contributed by atoms with Crippen LogP contribution in [0.4, 0.5) is 4.79 Å². The predicted molar refractivity (Wildman–Crippen MR) is 124 cm³/mol. The first-order valence-corrected chi connectivity index (χ1v) is 11.9. The van der Waals surface area contributed by atoms with Crippen molar-refractivity contribution in [1.29, 1.82) is 0 Å². The first-order valence-electron chi connectivity index (χ1n) is 11.9. The standard InChI is InChI=1S/C26H40N2O3/c1-6-19(18-27-24(30)31-5)23(29)28-15-13-26(14-16-28)12-11-21(17-26)20-7-9-22(10-8-20)25(2,3)4/h7-10,19,21H,6,11-18H2,1-5H3,(H,27,30). The number of hydrogen-bond acceptors (Lipinski definition) is 3. The van der Waals surface area contributed by atoms with Gasteiger partial charge in [-0.2, -0.15) is 0 Å². The minimum atomic E-state index is -0.476. The summed E-state index contributed by atoms with van der Waals surface area (Å²) in [6, 6.07) is 9.27. The minimum absolute atomic E-state index is 0.168. The van der Waals surface area contributed by atoms with Crippen molar-refractivity contribution in [3.05, 3.63) is 35.4 Å². The van der Waals surface area contributed by atoms with Crippen LogP contribution in [0, 0.1) is 11.3 Å². The summed E-state index contributed by atoms with van der Waals surface area (Å²) in [5.74, 6) is 0.635. The largest absolute Gasteiger partial charge is 0.453 e. The molecule has 3 rings (SSSR count). The summed E-state index contributed by atoms with van der Waals surface area (Å²) in [6.07, 6.45) is 6.19. The molecule has 1 saturated heterocycles. The van der Waals surface area contributed by atoms with Crippen molar-refractivity contribution in [3.8, 4) is 0 Å². The van der Waals surface area contributed by atoms with E-state index in [1.54, 1.807) is 0 Å². The smallest absolute Gasteiger partial charge is 0.406 e. The van der Waals surface area contributed by atoms with Crippen LogP contribution < -0.4 is 5.32 Å². The Balaban J connectivity index is 1.54. The van der Waals surface area contributed by atoms with Crippen LogP contribution in [0.15, 0.2) is 24.3 Å². The molecule has 1 N–H and O–H groups in total. The molecule has 1 spiro atoms. The van der Waals surface area contributed by atoms with E-state index in [9.17, 15) is 9.59 Å². The molecule has 2 aliphatic rings. The second-order valence-corrected chi connectivity index (χ2v) is 10.6. The second-order valence-electron chi connectivity index (χ2n) is 10.6. The Morgan fingerprint density at radius 1 is 1.16 bits per heavy atom. The average molecular weight is 429 g/mol. The number of amides is 2. The van der Waals surface area contributed by atoms with Crippen LogP contribution in [0.5, 0.6) is 0 Å². The highest BCUT2D eigenvalue weighted by atomic mass is 16.5. The molecule has 1 saturated carbocycles. The monoisotopic (exact) mass is 428 g/mol. The summed E-state index contributed by atoms with van der Waals surface area (Å²) in [4.78, 5) is 26.3. The first kappa shape index (κ1) is 23.6. The van der Waals surface area contributed by atoms with Gasteiger partial charge in [0.2, 0.25) is 5.91 Å². The quantitative estimate of drug-likeness (QED) is 0.697. The van der Waals surface area contributed by atoms with E-state index in [0.717, 1.165) is 32.4 Å². The van der Waals surface area contributed by atoms with E-state index in [-0.39, 0.29) is 17.2 Å². The summed E-state index contributed by atoms with van der Waals surface area (Å²) in [7, 11) is 1.34. The lowest BCUT2D eigenvalue weighted by Gasteiger charge is -2.40. The van der Waals surface area contributed by atoms with Crippen LogP contribution in [-0.2, 0) is 14.9 Å². The van der Waals surface area contributed by atoms with Gasteiger partial charge in [0.05, 0.1) is 13.0 Å². The third kappa shape index (κ3) is 5.61. The molecule has 1 aromatic carbocycles. The zero-order valence-electron chi connectivity index (χ0n) is 20.0. The van der Waals surface area contributed by atoms with Crippen molar-refractivity contribution in [1.82, 2.24) is 10.2 Å². The summed E-state index contributed by atoms with van der Waals surface area (Å²) in [5, 5.41) is 2.68. The lowest BCUT2D eigenvalue weighted by molar-refractivity contribution is -0.137. The number of alkyl carbamates (subject to hydrolysis) is 1. The van der Waals surface area contributed by atoms with Crippen molar-refractivity contribution in [2.75, 3.05) is 26.7 Å². The Hall–Kier alpha value is -2.04. The third-order valence-electron chi connectivity index (χ3n) is 7.61. The Bertz CT molecular complexity index is 758.